The Morgan fingerprint density at radius 2 is 1.65 bits per heavy atom. The van der Waals surface area contributed by atoms with E-state index in [9.17, 15) is 43.0 Å². The van der Waals surface area contributed by atoms with Gasteiger partial charge < -0.3 is 45.0 Å². The van der Waals surface area contributed by atoms with E-state index in [1.165, 1.54) is 35.3 Å². The Labute approximate surface area is 292 Å². The maximum atomic E-state index is 13.0. The second-order valence-electron chi connectivity index (χ2n) is 11.2. The summed E-state index contributed by atoms with van der Waals surface area (Å²) in [6.07, 6.45) is -1.10. The van der Waals surface area contributed by atoms with Gasteiger partial charge in [-0.2, -0.15) is 8.62 Å². The maximum Gasteiger partial charge on any atom is 0.490 e. The summed E-state index contributed by atoms with van der Waals surface area (Å²) in [5.41, 5.74) is 7.61. The van der Waals surface area contributed by atoms with Crippen LogP contribution in [0.2, 0.25) is 0 Å². The summed E-state index contributed by atoms with van der Waals surface area (Å²) in [5.74, 6) is 4.44. The number of aromatic nitrogens is 3. The van der Waals surface area contributed by atoms with Gasteiger partial charge in [0.1, 0.15) is 30.1 Å². The van der Waals surface area contributed by atoms with Gasteiger partial charge in [0.05, 0.1) is 30.2 Å². The third-order valence-corrected chi connectivity index (χ3v) is 11.5. The number of anilines is 1. The molecule has 4 aromatic rings. The summed E-state index contributed by atoms with van der Waals surface area (Å²) in [7, 11) is -16.8. The number of hydrogen-bond donors (Lipinski definition) is 7. The molecule has 3 heterocycles. The lowest BCUT2D eigenvalue weighted by Gasteiger charge is -2.19. The normalized spacial score (nSPS) is 20.7. The van der Waals surface area contributed by atoms with Crippen LogP contribution in [0.3, 0.4) is 0 Å². The number of nitrogens with two attached hydrogens (primary N) is 1. The number of ketones is 2. The van der Waals surface area contributed by atoms with Crippen molar-refractivity contribution < 1.29 is 70.6 Å². The lowest BCUT2D eigenvalue weighted by atomic mass is 9.83. The minimum atomic E-state index is -5.75. The Bertz CT molecular complexity index is 2350. The minimum absolute atomic E-state index is 0.0367. The molecule has 2 aromatic heterocycles. The summed E-state index contributed by atoms with van der Waals surface area (Å²) < 4.78 is 53.7. The number of phosphoric acid groups is 3. The van der Waals surface area contributed by atoms with Crippen LogP contribution < -0.4 is 11.1 Å². The Morgan fingerprint density at radius 3 is 2.35 bits per heavy atom. The van der Waals surface area contributed by atoms with Crippen LogP contribution in [0, 0.1) is 11.8 Å². The quantitative estimate of drug-likeness (QED) is 0.0781. The fraction of sp³-hybridized carbons (Fsp3) is 0.207. The predicted molar refractivity (Wildman–Crippen MR) is 175 cm³/mol. The van der Waals surface area contributed by atoms with Crippen LogP contribution in [0.1, 0.15) is 60.4 Å². The number of nitrogen functional groups attached to an aromatic ring is 1. The van der Waals surface area contributed by atoms with Gasteiger partial charge in [-0.05, 0) is 18.2 Å². The van der Waals surface area contributed by atoms with Gasteiger partial charge >= 0.3 is 23.5 Å². The van der Waals surface area contributed by atoms with Crippen LogP contribution in [-0.4, -0.2) is 82.0 Å². The highest BCUT2D eigenvalue weighted by atomic mass is 31.3. The number of nitrogens with one attached hydrogen (secondary N) is 1. The van der Waals surface area contributed by atoms with Crippen molar-refractivity contribution in [1.29, 1.82) is 0 Å². The Balaban J connectivity index is 1.13. The first kappa shape index (κ1) is 37.3. The Kier molecular flexibility index (Phi) is 10.2. The first-order valence-electron chi connectivity index (χ1n) is 14.8. The van der Waals surface area contributed by atoms with Gasteiger partial charge in [0.15, 0.2) is 11.6 Å². The molecule has 1 amide bonds. The summed E-state index contributed by atoms with van der Waals surface area (Å²) in [4.78, 5) is 83.5. The van der Waals surface area contributed by atoms with Crippen molar-refractivity contribution in [3.05, 3.63) is 88.4 Å². The lowest BCUT2D eigenvalue weighted by Crippen LogP contribution is -2.26. The number of hydrogen-bond acceptors (Lipinski definition) is 14. The number of carbonyl (C=O) groups is 3. The van der Waals surface area contributed by atoms with Gasteiger partial charge in [0.2, 0.25) is 0 Å². The van der Waals surface area contributed by atoms with Crippen LogP contribution in [0.25, 0.3) is 11.0 Å². The number of aliphatic hydroxyl groups is 1. The van der Waals surface area contributed by atoms with Crippen LogP contribution in [-0.2, 0) is 31.6 Å². The van der Waals surface area contributed by atoms with Crippen molar-refractivity contribution in [2.45, 2.75) is 24.9 Å². The molecule has 0 radical (unpaired) electrons. The number of rotatable bonds is 10. The van der Waals surface area contributed by atoms with Gasteiger partial charge in [-0.3, -0.25) is 18.9 Å². The first-order valence-corrected chi connectivity index (χ1v) is 19.3. The highest BCUT2D eigenvalue weighted by Crippen LogP contribution is 2.66. The van der Waals surface area contributed by atoms with Gasteiger partial charge in [-0.1, -0.05) is 36.1 Å². The molecule has 23 heteroatoms. The largest absolute Gasteiger partial charge is 0.490 e. The number of fused-ring (bicyclic) bond motifs is 3. The highest BCUT2D eigenvalue weighted by Gasteiger charge is 2.43. The van der Waals surface area contributed by atoms with Crippen molar-refractivity contribution in [2.75, 3.05) is 18.9 Å². The number of phosphoric ester groups is 1. The molecule has 2 aliphatic rings. The molecule has 1 aliphatic heterocycles. The van der Waals surface area contributed by atoms with Crippen molar-refractivity contribution in [3.63, 3.8) is 0 Å². The molecule has 1 aliphatic carbocycles. The summed E-state index contributed by atoms with van der Waals surface area (Å²) >= 11 is 0. The van der Waals surface area contributed by atoms with Crippen LogP contribution in [0.15, 0.2) is 55.0 Å². The molecule has 1 saturated heterocycles. The molecular weight excluding hydrogens is 751 g/mol. The fourth-order valence-electron chi connectivity index (χ4n) is 5.54. The molecule has 272 valence electrons. The molecule has 2 aromatic carbocycles. The van der Waals surface area contributed by atoms with E-state index in [0.29, 0.717) is 16.5 Å². The van der Waals surface area contributed by atoms with Crippen molar-refractivity contribution in [1.82, 2.24) is 19.9 Å². The lowest BCUT2D eigenvalue weighted by molar-refractivity contribution is -0.0421. The van der Waals surface area contributed by atoms with Gasteiger partial charge in [-0.25, -0.2) is 23.7 Å². The van der Waals surface area contributed by atoms with Gasteiger partial charge in [-0.15, -0.1) is 0 Å². The second-order valence-corrected chi connectivity index (χ2v) is 15.6. The van der Waals surface area contributed by atoms with E-state index in [-0.39, 0.29) is 58.3 Å². The molecule has 0 spiro atoms. The van der Waals surface area contributed by atoms with Crippen LogP contribution >= 0.6 is 23.5 Å². The monoisotopic (exact) mass is 777 g/mol. The molecule has 6 rings (SSSR count). The number of amides is 1. The van der Waals surface area contributed by atoms with Gasteiger partial charge in [0, 0.05) is 40.4 Å². The second kappa shape index (κ2) is 14.2. The molecule has 8 N–H and O–H groups in total. The number of aliphatic hydroxyl groups excluding tert-OH is 1. The van der Waals surface area contributed by atoms with Crippen molar-refractivity contribution in [2.24, 2.45) is 0 Å². The average molecular weight is 777 g/mol. The smallest absolute Gasteiger partial charge is 0.390 e. The van der Waals surface area contributed by atoms with E-state index < -0.39 is 54.4 Å². The summed E-state index contributed by atoms with van der Waals surface area (Å²) in [6, 6.07) is 10.6. The van der Waals surface area contributed by atoms with E-state index in [0.717, 1.165) is 0 Å². The van der Waals surface area contributed by atoms with E-state index in [1.54, 1.807) is 24.3 Å². The summed E-state index contributed by atoms with van der Waals surface area (Å²) in [5, 5.41) is 13.5. The molecule has 2 unspecified atom stereocenters. The van der Waals surface area contributed by atoms with Gasteiger partial charge in [0.25, 0.3) is 5.91 Å². The number of benzene rings is 2. The fourth-order valence-corrected chi connectivity index (χ4v) is 8.57. The first-order chi connectivity index (χ1) is 24.4. The van der Waals surface area contributed by atoms with E-state index >= 15 is 0 Å². The molecule has 0 bridgehead atoms. The zero-order valence-corrected chi connectivity index (χ0v) is 28.8. The average Bonchev–Trinajstić information content (AvgIpc) is 3.63. The molecule has 0 saturated carbocycles. The molecule has 5 atom stereocenters. The van der Waals surface area contributed by atoms with E-state index in [4.69, 9.17) is 20.3 Å². The SMILES string of the molecule is Nc1ncnc2c1c(C#CCNC(=O)c1ccc3c(c1)C(=O)c1ccccc1C3=O)cn2[C@H]1C[C@H](O)[C@@H](COP(=O)(O)OP(=O)(O)OP(=O)(O)O)O1. The molecular formula is C29H26N5O15P3. The van der Waals surface area contributed by atoms with Crippen molar-refractivity contribution >= 4 is 57.8 Å². The van der Waals surface area contributed by atoms with E-state index in [1.807, 2.05) is 0 Å². The standard InChI is InChI=1S/C29H26N5O15P3/c30-27-24-16(4-3-9-31-29(38)15-7-8-19-20(10-15)26(37)18-6-2-1-5-17(18)25(19)36)12-34(28(24)33-14-32-27)23-11-21(35)22(47-23)13-46-51(42,43)49-52(44,45)48-50(39,40)41/h1-2,5-8,10,12,14,21-23,35H,9,11,13H2,(H,31,38)(H,42,43)(H,44,45)(H2,30,32,33)(H2,39,40,41)/t21-,22+,23+/m0/s1. The molecule has 20 nitrogen and oxygen atoms in total. The molecule has 52 heavy (non-hydrogen) atoms. The van der Waals surface area contributed by atoms with Crippen LogP contribution in [0.5, 0.6) is 0 Å². The Hall–Kier alpha value is -4.44. The minimum Gasteiger partial charge on any atom is -0.390 e. The number of nitrogens with zero attached hydrogens (tertiary/aromatic N) is 3. The zero-order valence-electron chi connectivity index (χ0n) is 26.1. The predicted octanol–water partition coefficient (Wildman–Crippen LogP) is 1.56. The Morgan fingerprint density at radius 1 is 0.981 bits per heavy atom. The van der Waals surface area contributed by atoms with Crippen molar-refractivity contribution in [3.8, 4) is 11.8 Å². The third-order valence-electron chi connectivity index (χ3n) is 7.72. The highest BCUT2D eigenvalue weighted by molar-refractivity contribution is 7.66. The third kappa shape index (κ3) is 7.97. The van der Waals surface area contributed by atoms with E-state index in [2.05, 4.69) is 40.3 Å². The van der Waals surface area contributed by atoms with Crippen LogP contribution in [0.4, 0.5) is 5.82 Å². The maximum absolute atomic E-state index is 13.0. The molecule has 1 fully saturated rings. The number of ether oxygens (including phenoxy) is 1. The summed E-state index contributed by atoms with van der Waals surface area (Å²) in [6.45, 7) is -1.04. The topological polar surface area (TPSA) is 309 Å². The zero-order chi connectivity index (χ0) is 37.6. The number of carbonyl (C=O) groups excluding carboxylic acids is 3.